The number of hydrogen-bond acceptors (Lipinski definition) is 1. The third-order valence-electron chi connectivity index (χ3n) is 1.73. The maximum atomic E-state index is 4.25. The third-order valence-corrected chi connectivity index (χ3v) is 1.73. The molecule has 0 aliphatic rings. The molecule has 0 fully saturated rings. The standard InChI is InChI=1S/C11H9N.Be.2H/c1-2-6-10(7-3-1)11-8-4-5-9-12-11;;;/h1-9H;;;/q;+2;2*-1. The average Bonchev–Trinajstić information content (AvgIpc) is 2.21. The SMILES string of the molecule is [Be+2].[H-].[H-].c1ccc(-c2ccccn2)cc1. The van der Waals surface area contributed by atoms with E-state index in [0.29, 0.717) is 0 Å². The summed E-state index contributed by atoms with van der Waals surface area (Å²) in [5.41, 5.74) is 2.19. The normalized spacial score (nSPS) is 8.92. The second-order valence-electron chi connectivity index (χ2n) is 2.58. The van der Waals surface area contributed by atoms with Gasteiger partial charge < -0.3 is 2.85 Å². The number of nitrogens with zero attached hydrogens (tertiary/aromatic N) is 1. The summed E-state index contributed by atoms with van der Waals surface area (Å²) < 4.78 is 0. The summed E-state index contributed by atoms with van der Waals surface area (Å²) >= 11 is 0. The first-order valence-electron chi connectivity index (χ1n) is 3.93. The van der Waals surface area contributed by atoms with E-state index in [1.807, 2.05) is 42.6 Å². The number of benzene rings is 1. The van der Waals surface area contributed by atoms with Gasteiger partial charge in [0.25, 0.3) is 0 Å². The van der Waals surface area contributed by atoms with Crippen LogP contribution >= 0.6 is 0 Å². The Balaban J connectivity index is 0. The van der Waals surface area contributed by atoms with Crippen LogP contribution in [0.5, 0.6) is 0 Å². The summed E-state index contributed by atoms with van der Waals surface area (Å²) in [4.78, 5) is 4.25. The molecule has 0 spiro atoms. The van der Waals surface area contributed by atoms with Crippen molar-refractivity contribution in [1.29, 1.82) is 0 Å². The van der Waals surface area contributed by atoms with Gasteiger partial charge in [0, 0.05) is 11.8 Å². The number of rotatable bonds is 1. The van der Waals surface area contributed by atoms with Gasteiger partial charge in [-0.25, -0.2) is 0 Å². The van der Waals surface area contributed by atoms with Crippen molar-refractivity contribution >= 4 is 10.1 Å². The largest absolute Gasteiger partial charge is 2.00 e. The van der Waals surface area contributed by atoms with Gasteiger partial charge in [-0.15, -0.1) is 0 Å². The Morgan fingerprint density at radius 3 is 2.15 bits per heavy atom. The number of aromatic nitrogens is 1. The van der Waals surface area contributed by atoms with Crippen LogP contribution in [0.15, 0.2) is 54.7 Å². The molecule has 2 rings (SSSR count). The van der Waals surface area contributed by atoms with Crippen molar-refractivity contribution in [2.24, 2.45) is 0 Å². The van der Waals surface area contributed by atoms with Crippen LogP contribution in [-0.4, -0.2) is 15.1 Å². The molecule has 1 aromatic heterocycles. The van der Waals surface area contributed by atoms with Crippen molar-refractivity contribution in [3.05, 3.63) is 54.7 Å². The van der Waals surface area contributed by atoms with E-state index in [9.17, 15) is 0 Å². The maximum absolute atomic E-state index is 4.25. The van der Waals surface area contributed by atoms with Gasteiger partial charge in [0.2, 0.25) is 0 Å². The smallest absolute Gasteiger partial charge is 1.00 e. The zero-order valence-corrected chi connectivity index (χ0v) is 7.35. The van der Waals surface area contributed by atoms with Gasteiger partial charge in [0.15, 0.2) is 0 Å². The molecule has 1 nitrogen and oxygen atoms in total. The molecule has 1 heterocycles. The van der Waals surface area contributed by atoms with E-state index in [2.05, 4.69) is 17.1 Å². The Morgan fingerprint density at radius 2 is 1.54 bits per heavy atom. The minimum absolute atomic E-state index is 0. The van der Waals surface area contributed by atoms with Crippen LogP contribution < -0.4 is 0 Å². The quantitative estimate of drug-likeness (QED) is 0.593. The van der Waals surface area contributed by atoms with Gasteiger partial charge in [0.1, 0.15) is 0 Å². The third kappa shape index (κ3) is 2.24. The summed E-state index contributed by atoms with van der Waals surface area (Å²) in [6.07, 6.45) is 1.81. The molecule has 0 saturated heterocycles. The number of hydrogen-bond donors (Lipinski definition) is 0. The van der Waals surface area contributed by atoms with Crippen LogP contribution in [0.1, 0.15) is 2.85 Å². The molecular weight excluding hydrogens is 155 g/mol. The van der Waals surface area contributed by atoms with Gasteiger partial charge in [-0.1, -0.05) is 36.4 Å². The Hall–Kier alpha value is -1.46. The van der Waals surface area contributed by atoms with E-state index in [-0.39, 0.29) is 13.0 Å². The molecule has 13 heavy (non-hydrogen) atoms. The second kappa shape index (κ2) is 4.54. The van der Waals surface area contributed by atoms with E-state index in [4.69, 9.17) is 0 Å². The van der Waals surface area contributed by atoms with Crippen LogP contribution in [0.4, 0.5) is 0 Å². The molecule has 0 aliphatic heterocycles. The summed E-state index contributed by atoms with van der Waals surface area (Å²) in [6, 6.07) is 16.1. The molecular formula is C11H11BeN. The van der Waals surface area contributed by atoms with Gasteiger partial charge >= 0.3 is 10.1 Å². The zero-order chi connectivity index (χ0) is 8.23. The fourth-order valence-corrected chi connectivity index (χ4v) is 1.14. The Bertz CT molecular complexity index is 316. The van der Waals surface area contributed by atoms with E-state index in [1.165, 1.54) is 0 Å². The van der Waals surface area contributed by atoms with Crippen molar-refractivity contribution in [1.82, 2.24) is 4.98 Å². The molecule has 0 N–H and O–H groups in total. The van der Waals surface area contributed by atoms with Crippen LogP contribution in [0.3, 0.4) is 0 Å². The van der Waals surface area contributed by atoms with E-state index in [1.54, 1.807) is 0 Å². The second-order valence-corrected chi connectivity index (χ2v) is 2.58. The molecule has 0 atom stereocenters. The fourth-order valence-electron chi connectivity index (χ4n) is 1.14. The van der Waals surface area contributed by atoms with E-state index >= 15 is 0 Å². The first-order chi connectivity index (χ1) is 5.97. The average molecular weight is 166 g/mol. The molecule has 0 aliphatic carbocycles. The topological polar surface area (TPSA) is 12.9 Å². The van der Waals surface area contributed by atoms with E-state index in [0.717, 1.165) is 11.3 Å². The maximum Gasteiger partial charge on any atom is 2.00 e. The van der Waals surface area contributed by atoms with Gasteiger partial charge in [-0.05, 0) is 12.1 Å². The predicted octanol–water partition coefficient (Wildman–Crippen LogP) is 2.59. The summed E-state index contributed by atoms with van der Waals surface area (Å²) in [5, 5.41) is 0. The molecule has 1 aromatic carbocycles. The molecule has 62 valence electrons. The van der Waals surface area contributed by atoms with E-state index < -0.39 is 0 Å². The van der Waals surface area contributed by atoms with Crippen molar-refractivity contribution in [2.45, 2.75) is 0 Å². The molecule has 0 bridgehead atoms. The Labute approximate surface area is 84.6 Å². The Morgan fingerprint density at radius 1 is 0.846 bits per heavy atom. The Kier molecular flexibility index (Phi) is 3.36. The fraction of sp³-hybridized carbons (Fsp3) is 0. The predicted molar refractivity (Wildman–Crippen MR) is 57.7 cm³/mol. The van der Waals surface area contributed by atoms with Gasteiger partial charge in [0.05, 0.1) is 5.69 Å². The van der Waals surface area contributed by atoms with Gasteiger partial charge in [-0.3, -0.25) is 4.98 Å². The minimum Gasteiger partial charge on any atom is -1.00 e. The van der Waals surface area contributed by atoms with Gasteiger partial charge in [-0.2, -0.15) is 0 Å². The molecule has 0 radical (unpaired) electrons. The monoisotopic (exact) mass is 166 g/mol. The van der Waals surface area contributed by atoms with Crippen molar-refractivity contribution in [2.75, 3.05) is 0 Å². The molecule has 0 amide bonds. The van der Waals surface area contributed by atoms with Crippen LogP contribution in [0, 0.1) is 0 Å². The van der Waals surface area contributed by atoms with Crippen molar-refractivity contribution < 1.29 is 2.85 Å². The van der Waals surface area contributed by atoms with Crippen molar-refractivity contribution in [3.8, 4) is 11.3 Å². The summed E-state index contributed by atoms with van der Waals surface area (Å²) in [7, 11) is 0. The summed E-state index contributed by atoms with van der Waals surface area (Å²) in [6.45, 7) is 0. The molecule has 2 aromatic rings. The summed E-state index contributed by atoms with van der Waals surface area (Å²) in [5.74, 6) is 0. The molecule has 2 heteroatoms. The zero-order valence-electron chi connectivity index (χ0n) is 9.35. The van der Waals surface area contributed by atoms with Crippen LogP contribution in [0.25, 0.3) is 11.3 Å². The first kappa shape index (κ1) is 9.63. The van der Waals surface area contributed by atoms with Crippen LogP contribution in [-0.2, 0) is 0 Å². The number of pyridine rings is 1. The minimum atomic E-state index is 0. The van der Waals surface area contributed by atoms with Crippen LogP contribution in [0.2, 0.25) is 0 Å². The van der Waals surface area contributed by atoms with Crippen molar-refractivity contribution in [3.63, 3.8) is 0 Å². The molecule has 0 saturated carbocycles. The first-order valence-corrected chi connectivity index (χ1v) is 3.93. The molecule has 0 unspecified atom stereocenters.